The van der Waals surface area contributed by atoms with E-state index in [4.69, 9.17) is 9.15 Å². The van der Waals surface area contributed by atoms with Crippen molar-refractivity contribution in [3.8, 4) is 5.75 Å². The van der Waals surface area contributed by atoms with Crippen LogP contribution in [0.25, 0.3) is 11.0 Å². The predicted molar refractivity (Wildman–Crippen MR) is 107 cm³/mol. The molecule has 1 fully saturated rings. The van der Waals surface area contributed by atoms with Crippen LogP contribution in [0.15, 0.2) is 46.9 Å². The highest BCUT2D eigenvalue weighted by Gasteiger charge is 2.28. The Morgan fingerprint density at radius 3 is 2.57 bits per heavy atom. The minimum atomic E-state index is -0.447. The van der Waals surface area contributed by atoms with Crippen LogP contribution in [0.3, 0.4) is 0 Å². The second-order valence-electron chi connectivity index (χ2n) is 6.85. The number of carbonyl (C=O) groups is 1. The lowest BCUT2D eigenvalue weighted by molar-refractivity contribution is 0.0716. The van der Waals surface area contributed by atoms with E-state index in [1.54, 1.807) is 24.0 Å². The second kappa shape index (κ2) is 7.54. The van der Waals surface area contributed by atoms with Gasteiger partial charge >= 0.3 is 0 Å². The molecule has 5 nitrogen and oxygen atoms in total. The van der Waals surface area contributed by atoms with E-state index in [0.717, 1.165) is 11.4 Å². The highest BCUT2D eigenvalue weighted by molar-refractivity contribution is 5.99. The summed E-state index contributed by atoms with van der Waals surface area (Å²) >= 11 is 0. The summed E-state index contributed by atoms with van der Waals surface area (Å²) in [6, 6.07) is 12.7. The monoisotopic (exact) mass is 382 g/mol. The molecule has 0 aliphatic carbocycles. The Kier molecular flexibility index (Phi) is 4.94. The lowest BCUT2D eigenvalue weighted by Crippen LogP contribution is -2.49. The van der Waals surface area contributed by atoms with Gasteiger partial charge in [0, 0.05) is 37.1 Å². The molecule has 1 aliphatic heterocycles. The number of hydrogen-bond donors (Lipinski definition) is 0. The van der Waals surface area contributed by atoms with Gasteiger partial charge in [0.1, 0.15) is 5.75 Å². The SMILES string of the molecule is CCOc1ccccc1N1CCN(C(=O)c2oc3c(F)cccc3c2C)CC1. The smallest absolute Gasteiger partial charge is 0.290 e. The Morgan fingerprint density at radius 1 is 1.11 bits per heavy atom. The molecule has 2 heterocycles. The van der Waals surface area contributed by atoms with Crippen molar-refractivity contribution < 1.29 is 18.3 Å². The number of carbonyl (C=O) groups excluding carboxylic acids is 1. The zero-order chi connectivity index (χ0) is 19.7. The molecular formula is C22H23FN2O3. The van der Waals surface area contributed by atoms with Crippen molar-refractivity contribution in [2.45, 2.75) is 13.8 Å². The lowest BCUT2D eigenvalue weighted by Gasteiger charge is -2.36. The van der Waals surface area contributed by atoms with Crippen LogP contribution in [0, 0.1) is 12.7 Å². The number of hydrogen-bond acceptors (Lipinski definition) is 4. The summed E-state index contributed by atoms with van der Waals surface area (Å²) in [6.07, 6.45) is 0. The van der Waals surface area contributed by atoms with Crippen molar-refractivity contribution in [1.82, 2.24) is 4.90 Å². The molecule has 0 N–H and O–H groups in total. The van der Waals surface area contributed by atoms with Crippen molar-refractivity contribution in [2.24, 2.45) is 0 Å². The average molecular weight is 382 g/mol. The molecule has 1 aliphatic rings. The van der Waals surface area contributed by atoms with Crippen LogP contribution in [0.5, 0.6) is 5.75 Å². The number of ether oxygens (including phenoxy) is 1. The molecule has 3 aromatic rings. The van der Waals surface area contributed by atoms with E-state index in [2.05, 4.69) is 4.90 Å². The fourth-order valence-electron chi connectivity index (χ4n) is 3.70. The van der Waals surface area contributed by atoms with Crippen LogP contribution in [-0.4, -0.2) is 43.6 Å². The van der Waals surface area contributed by atoms with Crippen LogP contribution < -0.4 is 9.64 Å². The zero-order valence-corrected chi connectivity index (χ0v) is 16.1. The summed E-state index contributed by atoms with van der Waals surface area (Å²) in [4.78, 5) is 17.0. The number of halogens is 1. The molecule has 0 spiro atoms. The maximum Gasteiger partial charge on any atom is 0.290 e. The molecule has 1 saturated heterocycles. The molecule has 1 amide bonds. The van der Waals surface area contributed by atoms with Crippen molar-refractivity contribution >= 4 is 22.6 Å². The molecule has 1 aromatic heterocycles. The Bertz CT molecular complexity index is 1010. The summed E-state index contributed by atoms with van der Waals surface area (Å²) in [5.41, 5.74) is 1.87. The van der Waals surface area contributed by atoms with Crippen LogP contribution in [-0.2, 0) is 0 Å². The number of fused-ring (bicyclic) bond motifs is 1. The highest BCUT2D eigenvalue weighted by atomic mass is 19.1. The van der Waals surface area contributed by atoms with Gasteiger partial charge in [-0.2, -0.15) is 0 Å². The molecule has 0 unspecified atom stereocenters. The van der Waals surface area contributed by atoms with Gasteiger partial charge in [-0.3, -0.25) is 4.79 Å². The maximum absolute atomic E-state index is 14.0. The van der Waals surface area contributed by atoms with Crippen molar-refractivity contribution in [1.29, 1.82) is 0 Å². The summed E-state index contributed by atoms with van der Waals surface area (Å²) < 4.78 is 25.3. The number of nitrogens with zero attached hydrogens (tertiary/aromatic N) is 2. The Morgan fingerprint density at radius 2 is 1.86 bits per heavy atom. The van der Waals surface area contributed by atoms with E-state index in [9.17, 15) is 9.18 Å². The Balaban J connectivity index is 1.51. The van der Waals surface area contributed by atoms with Gasteiger partial charge in [0.05, 0.1) is 12.3 Å². The third-order valence-electron chi connectivity index (χ3n) is 5.18. The van der Waals surface area contributed by atoms with Gasteiger partial charge in [-0.25, -0.2) is 4.39 Å². The van der Waals surface area contributed by atoms with Gasteiger partial charge in [-0.05, 0) is 32.0 Å². The summed E-state index contributed by atoms with van der Waals surface area (Å²) in [7, 11) is 0. The number of anilines is 1. The molecule has 6 heteroatoms. The average Bonchev–Trinajstić information content (AvgIpc) is 3.06. The number of aryl methyl sites for hydroxylation is 1. The first-order valence-electron chi connectivity index (χ1n) is 9.53. The molecule has 0 radical (unpaired) electrons. The van der Waals surface area contributed by atoms with Crippen LogP contribution in [0.2, 0.25) is 0 Å². The highest BCUT2D eigenvalue weighted by Crippen LogP contribution is 2.31. The third kappa shape index (κ3) is 3.19. The number of para-hydroxylation sites is 3. The minimum Gasteiger partial charge on any atom is -0.492 e. The topological polar surface area (TPSA) is 45.9 Å². The second-order valence-corrected chi connectivity index (χ2v) is 6.85. The molecule has 2 aromatic carbocycles. The summed E-state index contributed by atoms with van der Waals surface area (Å²) in [5.74, 6) is 0.444. The van der Waals surface area contributed by atoms with Gasteiger partial charge in [-0.1, -0.05) is 24.3 Å². The fraction of sp³-hybridized carbons (Fsp3) is 0.318. The van der Waals surface area contributed by atoms with Gasteiger partial charge in [0.25, 0.3) is 5.91 Å². The van der Waals surface area contributed by atoms with E-state index in [1.807, 2.05) is 31.2 Å². The lowest BCUT2D eigenvalue weighted by atomic mass is 10.1. The maximum atomic E-state index is 14.0. The quantitative estimate of drug-likeness (QED) is 0.677. The van der Waals surface area contributed by atoms with E-state index in [0.29, 0.717) is 43.7 Å². The number of furan rings is 1. The molecular weight excluding hydrogens is 359 g/mol. The molecule has 0 bridgehead atoms. The van der Waals surface area contributed by atoms with Crippen molar-refractivity contribution in [3.05, 3.63) is 59.6 Å². The number of piperazine rings is 1. The van der Waals surface area contributed by atoms with Crippen LogP contribution in [0.4, 0.5) is 10.1 Å². The van der Waals surface area contributed by atoms with Gasteiger partial charge < -0.3 is 19.0 Å². The normalized spacial score (nSPS) is 14.5. The number of rotatable bonds is 4. The molecule has 4 rings (SSSR count). The third-order valence-corrected chi connectivity index (χ3v) is 5.18. The van der Waals surface area contributed by atoms with Gasteiger partial charge in [0.15, 0.2) is 17.2 Å². The number of amides is 1. The first-order valence-corrected chi connectivity index (χ1v) is 9.53. The summed E-state index contributed by atoms with van der Waals surface area (Å²) in [6.45, 7) is 6.90. The molecule has 0 atom stereocenters. The first-order chi connectivity index (χ1) is 13.6. The van der Waals surface area contributed by atoms with E-state index in [1.165, 1.54) is 6.07 Å². The Labute approximate surface area is 163 Å². The fourth-order valence-corrected chi connectivity index (χ4v) is 3.70. The first kappa shape index (κ1) is 18.3. The van der Waals surface area contributed by atoms with E-state index in [-0.39, 0.29) is 17.3 Å². The van der Waals surface area contributed by atoms with Crippen molar-refractivity contribution in [3.63, 3.8) is 0 Å². The zero-order valence-electron chi connectivity index (χ0n) is 16.1. The van der Waals surface area contributed by atoms with Crippen LogP contribution in [0.1, 0.15) is 23.0 Å². The largest absolute Gasteiger partial charge is 0.492 e. The van der Waals surface area contributed by atoms with E-state index >= 15 is 0 Å². The van der Waals surface area contributed by atoms with Gasteiger partial charge in [-0.15, -0.1) is 0 Å². The molecule has 146 valence electrons. The molecule has 0 saturated carbocycles. The number of benzene rings is 2. The predicted octanol–water partition coefficient (Wildman–Crippen LogP) is 4.24. The van der Waals surface area contributed by atoms with Gasteiger partial charge in [0.2, 0.25) is 0 Å². The van der Waals surface area contributed by atoms with Crippen LogP contribution >= 0.6 is 0 Å². The van der Waals surface area contributed by atoms with E-state index < -0.39 is 5.82 Å². The molecule has 28 heavy (non-hydrogen) atoms. The minimum absolute atomic E-state index is 0.146. The van der Waals surface area contributed by atoms with Crippen molar-refractivity contribution in [2.75, 3.05) is 37.7 Å². The Hall–Kier alpha value is -3.02. The standard InChI is InChI=1S/C22H23FN2O3/c1-3-27-19-10-5-4-9-18(19)24-11-13-25(14-12-24)22(26)20-15(2)16-7-6-8-17(23)21(16)28-20/h4-10H,3,11-14H2,1-2H3. The summed E-state index contributed by atoms with van der Waals surface area (Å²) in [5, 5.41) is 0.646.